The number of carboxylic acid groups (broad SMARTS) is 1. The van der Waals surface area contributed by atoms with Crippen LogP contribution in [0, 0.1) is 11.7 Å². The molecular formula is C29H28AsFN4O3. The average molecular weight is 574 g/mol. The van der Waals surface area contributed by atoms with E-state index in [4.69, 9.17) is 0 Å². The number of rotatable bonds is 10. The number of anilines is 1. The quantitative estimate of drug-likeness (QED) is 0.247. The van der Waals surface area contributed by atoms with Crippen molar-refractivity contribution >= 4 is 34.4 Å². The number of aromatic carboxylic acids is 1. The predicted molar refractivity (Wildman–Crippen MR) is 146 cm³/mol. The van der Waals surface area contributed by atoms with Gasteiger partial charge in [-0.05, 0) is 30.9 Å². The molecule has 1 fully saturated rings. The molecular weight excluding hydrogens is 546 g/mol. The van der Waals surface area contributed by atoms with Crippen LogP contribution >= 0.6 is 0 Å². The third-order valence-electron chi connectivity index (χ3n) is 6.56. The fraction of sp³-hybridized carbons (Fsp3) is 0.207. The van der Waals surface area contributed by atoms with Crippen molar-refractivity contribution in [1.29, 1.82) is 0 Å². The van der Waals surface area contributed by atoms with E-state index in [-0.39, 0.29) is 23.1 Å². The van der Waals surface area contributed by atoms with E-state index in [9.17, 15) is 19.1 Å². The zero-order chi connectivity index (χ0) is 26.6. The van der Waals surface area contributed by atoms with E-state index in [1.807, 2.05) is 48.5 Å². The van der Waals surface area contributed by atoms with E-state index in [2.05, 4.69) is 15.7 Å². The van der Waals surface area contributed by atoms with Crippen molar-refractivity contribution in [2.45, 2.75) is 24.1 Å². The van der Waals surface area contributed by atoms with Gasteiger partial charge in [0.15, 0.2) is 0 Å². The molecule has 5 rings (SSSR count). The number of nitrogens with zero attached hydrogens (tertiary/aromatic N) is 2. The Labute approximate surface area is 228 Å². The van der Waals surface area contributed by atoms with Gasteiger partial charge in [0, 0.05) is 0 Å². The molecule has 4 aromatic rings. The summed E-state index contributed by atoms with van der Waals surface area (Å²) in [5.41, 5.74) is 3.17. The van der Waals surface area contributed by atoms with Gasteiger partial charge in [0.05, 0.1) is 0 Å². The Balaban J connectivity index is 1.47. The van der Waals surface area contributed by atoms with Crippen LogP contribution in [-0.2, 0) is 5.21 Å². The van der Waals surface area contributed by atoms with Gasteiger partial charge in [0.25, 0.3) is 0 Å². The molecule has 3 N–H and O–H groups in total. The van der Waals surface area contributed by atoms with E-state index in [1.54, 1.807) is 18.2 Å². The summed E-state index contributed by atoms with van der Waals surface area (Å²) in [6, 6.07) is 23.0. The number of carbonyl (C=O) groups is 2. The van der Waals surface area contributed by atoms with Gasteiger partial charge in [-0.2, -0.15) is 0 Å². The molecule has 1 amide bonds. The molecule has 0 saturated heterocycles. The van der Waals surface area contributed by atoms with Crippen molar-refractivity contribution in [3.8, 4) is 5.69 Å². The summed E-state index contributed by atoms with van der Waals surface area (Å²) < 4.78 is 16.2. The Morgan fingerprint density at radius 2 is 1.82 bits per heavy atom. The van der Waals surface area contributed by atoms with Crippen LogP contribution < -0.4 is 10.6 Å². The zero-order valence-electron chi connectivity index (χ0n) is 20.6. The zero-order valence-corrected chi connectivity index (χ0v) is 23.0. The fourth-order valence-corrected chi connectivity index (χ4v) is 4.88. The first-order chi connectivity index (χ1) is 18.4. The number of carbonyl (C=O) groups excluding carboxylic acids is 1. The molecule has 7 nitrogen and oxygen atoms in total. The van der Waals surface area contributed by atoms with Gasteiger partial charge in [0.2, 0.25) is 0 Å². The standard InChI is InChI=1S/C29H28AsFN4O3/c30-16-19-5-4-8-22(13-19)35-26(15-25(34-35)29(37)38)28(36)33-24-14-21(11-12-23(24)31)27(32-17-18-9-10-18)20-6-2-1-3-7-20/h1-8,11-15,18,27,32H,9-10,16-17,30H2,(H,33,36)(H,37,38). The summed E-state index contributed by atoms with van der Waals surface area (Å²) in [6.45, 7) is 0.855. The van der Waals surface area contributed by atoms with Gasteiger partial charge in [-0.1, -0.05) is 30.3 Å². The van der Waals surface area contributed by atoms with Gasteiger partial charge in [-0.3, -0.25) is 0 Å². The summed E-state index contributed by atoms with van der Waals surface area (Å²) in [6.07, 6.45) is 2.40. The monoisotopic (exact) mass is 574 g/mol. The molecule has 1 aliphatic carbocycles. The number of nitrogens with one attached hydrogen (secondary N) is 2. The van der Waals surface area contributed by atoms with Crippen LogP contribution in [-0.4, -0.2) is 50.2 Å². The van der Waals surface area contributed by atoms with Gasteiger partial charge >= 0.3 is 162 Å². The summed E-state index contributed by atoms with van der Waals surface area (Å²) in [7, 11) is 0. The van der Waals surface area contributed by atoms with Crippen LogP contribution in [0.5, 0.6) is 0 Å². The molecule has 0 aliphatic heterocycles. The molecule has 9 heteroatoms. The normalized spacial score (nSPS) is 13.7. The minimum absolute atomic E-state index is 0.00238. The summed E-state index contributed by atoms with van der Waals surface area (Å²) in [5, 5.41) is 20.7. The predicted octanol–water partition coefficient (Wildman–Crippen LogP) is 4.18. The van der Waals surface area contributed by atoms with Crippen molar-refractivity contribution < 1.29 is 19.1 Å². The fourth-order valence-electron chi connectivity index (χ4n) is 4.34. The first kappa shape index (κ1) is 25.9. The molecule has 38 heavy (non-hydrogen) atoms. The van der Waals surface area contributed by atoms with Crippen molar-refractivity contribution in [2.75, 3.05) is 11.9 Å². The Morgan fingerprint density at radius 3 is 2.53 bits per heavy atom. The number of amides is 1. The summed E-state index contributed by atoms with van der Waals surface area (Å²) in [4.78, 5) is 25.0. The van der Waals surface area contributed by atoms with Crippen LogP contribution in [0.3, 0.4) is 0 Å². The third-order valence-corrected chi connectivity index (χ3v) is 7.55. The Bertz CT molecular complexity index is 1470. The molecule has 0 spiro atoms. The van der Waals surface area contributed by atoms with Crippen molar-refractivity contribution in [3.63, 3.8) is 0 Å². The van der Waals surface area contributed by atoms with Crippen LogP contribution in [0.2, 0.25) is 0 Å². The minimum atomic E-state index is -1.26. The van der Waals surface area contributed by atoms with Crippen LogP contribution in [0.25, 0.3) is 5.69 Å². The SMILES string of the molecule is O=C(O)c1cc(C(=O)Nc2cc(C(NCC3CC3)c3ccccc3)ccc2F)n(-c2cccc(C[AsH2])c2)n1. The summed E-state index contributed by atoms with van der Waals surface area (Å²) in [5.74, 6) is -1.85. The van der Waals surface area contributed by atoms with Gasteiger partial charge in [-0.25, -0.2) is 0 Å². The molecule has 1 aliphatic rings. The van der Waals surface area contributed by atoms with E-state index in [0.29, 0.717) is 11.6 Å². The van der Waals surface area contributed by atoms with Gasteiger partial charge in [0.1, 0.15) is 0 Å². The Hall–Kier alpha value is -3.74. The maximum atomic E-state index is 14.9. The number of carboxylic acids is 1. The molecule has 0 bridgehead atoms. The molecule has 1 saturated carbocycles. The van der Waals surface area contributed by atoms with E-state index in [1.165, 1.54) is 46.5 Å². The number of halogens is 1. The van der Waals surface area contributed by atoms with E-state index >= 15 is 0 Å². The topological polar surface area (TPSA) is 96.2 Å². The summed E-state index contributed by atoms with van der Waals surface area (Å²) >= 11 is 1.53. The van der Waals surface area contributed by atoms with Crippen molar-refractivity contribution in [1.82, 2.24) is 15.1 Å². The second kappa shape index (κ2) is 11.3. The molecule has 1 aromatic heterocycles. The molecule has 1 heterocycles. The number of hydrogen-bond donors (Lipinski definition) is 3. The number of hydrogen-bond acceptors (Lipinski definition) is 4. The maximum absolute atomic E-state index is 14.9. The first-order valence-electron chi connectivity index (χ1n) is 12.4. The second-order valence-corrected chi connectivity index (χ2v) is 10.3. The molecule has 2 atom stereocenters. The molecule has 2 unspecified atom stereocenters. The van der Waals surface area contributed by atoms with Crippen LogP contribution in [0.4, 0.5) is 10.1 Å². The third kappa shape index (κ3) is 5.87. The van der Waals surface area contributed by atoms with Gasteiger partial charge < -0.3 is 5.32 Å². The average Bonchev–Trinajstić information content (AvgIpc) is 3.65. The number of benzene rings is 3. The van der Waals surface area contributed by atoms with Crippen LogP contribution in [0.15, 0.2) is 78.9 Å². The van der Waals surface area contributed by atoms with Crippen molar-refractivity contribution in [2.24, 2.45) is 5.92 Å². The molecule has 194 valence electrons. The molecule has 0 radical (unpaired) electrons. The Morgan fingerprint density at radius 1 is 1.03 bits per heavy atom. The van der Waals surface area contributed by atoms with Crippen molar-refractivity contribution in [3.05, 3.63) is 113 Å². The first-order valence-corrected chi connectivity index (χ1v) is 14.2. The van der Waals surface area contributed by atoms with E-state index in [0.717, 1.165) is 28.4 Å². The van der Waals surface area contributed by atoms with Crippen LogP contribution in [0.1, 0.15) is 56.6 Å². The Kier molecular flexibility index (Phi) is 7.72. The van der Waals surface area contributed by atoms with E-state index < -0.39 is 17.7 Å². The second-order valence-electron chi connectivity index (χ2n) is 9.39. The van der Waals surface area contributed by atoms with Gasteiger partial charge in [-0.15, -0.1) is 0 Å². The molecule has 3 aromatic carbocycles. The number of aromatic nitrogens is 2.